The zero-order chi connectivity index (χ0) is 24.9. The number of benzene rings is 2. The number of amides is 2. The first kappa shape index (κ1) is 22.6. The number of aryl methyl sites for hydroxylation is 1. The molecule has 0 radical (unpaired) electrons. The fourth-order valence-electron chi connectivity index (χ4n) is 4.33. The number of H-pyrrole nitrogens is 1. The summed E-state index contributed by atoms with van der Waals surface area (Å²) >= 11 is 0. The van der Waals surface area contributed by atoms with Crippen LogP contribution in [-0.2, 0) is 23.9 Å². The van der Waals surface area contributed by atoms with Gasteiger partial charge in [-0.1, -0.05) is 45.0 Å². The number of fused-ring (bicyclic) bond motifs is 3. The van der Waals surface area contributed by atoms with Crippen molar-refractivity contribution in [2.75, 3.05) is 5.32 Å². The molecule has 0 aliphatic carbocycles. The lowest BCUT2D eigenvalue weighted by Gasteiger charge is -2.19. The SMILES string of the molecule is Cn1cc2c3cc([nH]c3c1=O)C(=O)NOCc1c(NC(=O)c3ccc(C(C)(C)C)cc3)cccc1-2. The zero-order valence-electron chi connectivity index (χ0n) is 20.0. The number of anilines is 1. The molecule has 0 saturated carbocycles. The van der Waals surface area contributed by atoms with Crippen molar-refractivity contribution in [2.45, 2.75) is 32.8 Å². The quantitative estimate of drug-likeness (QED) is 0.407. The van der Waals surface area contributed by atoms with Gasteiger partial charge in [0.25, 0.3) is 17.4 Å². The van der Waals surface area contributed by atoms with E-state index in [0.717, 1.165) is 16.7 Å². The molecular weight excluding hydrogens is 444 g/mol. The van der Waals surface area contributed by atoms with Crippen molar-refractivity contribution >= 4 is 28.4 Å². The zero-order valence-corrected chi connectivity index (χ0v) is 20.0. The van der Waals surface area contributed by atoms with E-state index in [2.05, 4.69) is 36.6 Å². The van der Waals surface area contributed by atoms with E-state index in [9.17, 15) is 14.4 Å². The summed E-state index contributed by atoms with van der Waals surface area (Å²) in [4.78, 5) is 46.7. The summed E-state index contributed by atoms with van der Waals surface area (Å²) in [5.74, 6) is -0.743. The van der Waals surface area contributed by atoms with Gasteiger partial charge in [-0.3, -0.25) is 19.2 Å². The van der Waals surface area contributed by atoms with Crippen LogP contribution in [0, 0.1) is 0 Å². The van der Waals surface area contributed by atoms with Crippen molar-refractivity contribution in [3.63, 3.8) is 0 Å². The highest BCUT2D eigenvalue weighted by molar-refractivity contribution is 6.06. The Morgan fingerprint density at radius 2 is 1.80 bits per heavy atom. The third-order valence-electron chi connectivity index (χ3n) is 6.32. The van der Waals surface area contributed by atoms with Crippen LogP contribution < -0.4 is 16.4 Å². The van der Waals surface area contributed by atoms with E-state index < -0.39 is 5.91 Å². The molecular formula is C27H26N4O4. The van der Waals surface area contributed by atoms with Crippen LogP contribution in [-0.4, -0.2) is 21.4 Å². The highest BCUT2D eigenvalue weighted by Gasteiger charge is 2.22. The van der Waals surface area contributed by atoms with Gasteiger partial charge in [-0.15, -0.1) is 0 Å². The number of carbonyl (C=O) groups is 2. The lowest BCUT2D eigenvalue weighted by Crippen LogP contribution is -2.24. The first-order valence-electron chi connectivity index (χ1n) is 11.3. The highest BCUT2D eigenvalue weighted by atomic mass is 16.6. The van der Waals surface area contributed by atoms with Crippen LogP contribution in [0.25, 0.3) is 22.0 Å². The van der Waals surface area contributed by atoms with Crippen LogP contribution >= 0.6 is 0 Å². The Hall–Kier alpha value is -4.17. The van der Waals surface area contributed by atoms with E-state index in [1.165, 1.54) is 4.57 Å². The summed E-state index contributed by atoms with van der Waals surface area (Å²) < 4.78 is 1.47. The summed E-state index contributed by atoms with van der Waals surface area (Å²) in [6.45, 7) is 6.39. The van der Waals surface area contributed by atoms with Gasteiger partial charge in [-0.05, 0) is 40.8 Å². The largest absolute Gasteiger partial charge is 0.346 e. The lowest BCUT2D eigenvalue weighted by atomic mass is 9.86. The minimum atomic E-state index is -0.488. The number of aromatic nitrogens is 2. The van der Waals surface area contributed by atoms with Crippen LogP contribution in [0.5, 0.6) is 0 Å². The lowest BCUT2D eigenvalue weighted by molar-refractivity contribution is 0.0233. The molecule has 2 aromatic heterocycles. The summed E-state index contributed by atoms with van der Waals surface area (Å²) in [5, 5.41) is 3.62. The molecule has 0 atom stereocenters. The van der Waals surface area contributed by atoms with Crippen LogP contribution in [0.15, 0.2) is 59.5 Å². The molecule has 4 aromatic rings. The third kappa shape index (κ3) is 4.02. The van der Waals surface area contributed by atoms with Crippen LogP contribution in [0.2, 0.25) is 0 Å². The predicted molar refractivity (Wildman–Crippen MR) is 134 cm³/mol. The Morgan fingerprint density at radius 1 is 1.06 bits per heavy atom. The predicted octanol–water partition coefficient (Wildman–Crippen LogP) is 4.26. The number of hydroxylamine groups is 1. The van der Waals surface area contributed by atoms with Crippen LogP contribution in [0.1, 0.15) is 52.7 Å². The minimum Gasteiger partial charge on any atom is -0.346 e. The van der Waals surface area contributed by atoms with E-state index in [4.69, 9.17) is 4.84 Å². The number of nitrogens with zero attached hydrogens (tertiary/aromatic N) is 1. The molecule has 35 heavy (non-hydrogen) atoms. The number of pyridine rings is 1. The first-order valence-corrected chi connectivity index (χ1v) is 11.3. The smallest absolute Gasteiger partial charge is 0.291 e. The first-order chi connectivity index (χ1) is 16.6. The summed E-state index contributed by atoms with van der Waals surface area (Å²) in [6.07, 6.45) is 1.73. The number of hydrogen-bond acceptors (Lipinski definition) is 4. The van der Waals surface area contributed by atoms with Crippen molar-refractivity contribution < 1.29 is 14.4 Å². The molecule has 2 aromatic carbocycles. The second-order valence-corrected chi connectivity index (χ2v) is 9.76. The van der Waals surface area contributed by atoms with Crippen molar-refractivity contribution in [2.24, 2.45) is 7.05 Å². The molecule has 1 aliphatic heterocycles. The molecule has 0 spiro atoms. The fourth-order valence-corrected chi connectivity index (χ4v) is 4.33. The Morgan fingerprint density at radius 3 is 2.51 bits per heavy atom. The van der Waals surface area contributed by atoms with E-state index in [-0.39, 0.29) is 29.2 Å². The van der Waals surface area contributed by atoms with Gasteiger partial charge in [-0.25, -0.2) is 5.48 Å². The molecule has 8 nitrogen and oxygen atoms in total. The van der Waals surface area contributed by atoms with Crippen molar-refractivity contribution in [3.05, 3.63) is 87.5 Å². The summed E-state index contributed by atoms with van der Waals surface area (Å²) in [5.41, 5.74) is 7.16. The van der Waals surface area contributed by atoms with Gasteiger partial charge in [0.2, 0.25) is 0 Å². The van der Waals surface area contributed by atoms with Crippen molar-refractivity contribution in [1.29, 1.82) is 0 Å². The van der Waals surface area contributed by atoms with Gasteiger partial charge in [-0.2, -0.15) is 0 Å². The Bertz CT molecular complexity index is 1540. The maximum Gasteiger partial charge on any atom is 0.291 e. The molecule has 3 N–H and O–H groups in total. The normalized spacial score (nSPS) is 13.4. The Labute approximate surface area is 201 Å². The molecule has 2 amide bonds. The minimum absolute atomic E-state index is 0.0114. The van der Waals surface area contributed by atoms with Gasteiger partial charge in [0.1, 0.15) is 17.8 Å². The fraction of sp³-hybridized carbons (Fsp3) is 0.222. The maximum absolute atomic E-state index is 13.1. The maximum atomic E-state index is 13.1. The van der Waals surface area contributed by atoms with Crippen LogP contribution in [0.4, 0.5) is 5.69 Å². The average Bonchev–Trinajstić information content (AvgIpc) is 3.27. The second-order valence-electron chi connectivity index (χ2n) is 9.76. The average molecular weight is 471 g/mol. The second kappa shape index (κ2) is 8.25. The topological polar surface area (TPSA) is 105 Å². The monoisotopic (exact) mass is 470 g/mol. The van der Waals surface area contributed by atoms with E-state index in [1.807, 2.05) is 36.4 Å². The molecule has 8 heteroatoms. The molecule has 0 fully saturated rings. The van der Waals surface area contributed by atoms with E-state index in [0.29, 0.717) is 27.7 Å². The van der Waals surface area contributed by atoms with Crippen molar-refractivity contribution in [1.82, 2.24) is 15.0 Å². The van der Waals surface area contributed by atoms with Crippen LogP contribution in [0.3, 0.4) is 0 Å². The molecule has 1 aliphatic rings. The third-order valence-corrected chi connectivity index (χ3v) is 6.32. The number of hydrogen-bond donors (Lipinski definition) is 3. The standard InChI is InChI=1S/C27H26N4O4/c1-27(2,3)16-10-8-15(9-11-16)24(32)29-21-7-5-6-17-19-13-31(4)26(34)23-18(19)12-22(28-23)25(33)30-35-14-20(17)21/h5-13,28H,14H2,1-4H3,(H,29,32)(H,30,33). The van der Waals surface area contributed by atoms with Gasteiger partial charge < -0.3 is 14.9 Å². The van der Waals surface area contributed by atoms with Crippen molar-refractivity contribution in [3.8, 4) is 11.1 Å². The number of nitrogens with one attached hydrogen (secondary N) is 3. The molecule has 5 rings (SSSR count). The Balaban J connectivity index is 1.60. The molecule has 0 saturated heterocycles. The summed E-state index contributed by atoms with van der Waals surface area (Å²) in [7, 11) is 1.66. The summed E-state index contributed by atoms with van der Waals surface area (Å²) in [6, 6.07) is 14.7. The number of carbonyl (C=O) groups excluding carboxylic acids is 2. The van der Waals surface area contributed by atoms with Gasteiger partial charge in [0.15, 0.2) is 0 Å². The van der Waals surface area contributed by atoms with Gasteiger partial charge in [0, 0.05) is 41.0 Å². The highest BCUT2D eigenvalue weighted by Crippen LogP contribution is 2.35. The number of aromatic amines is 1. The molecule has 0 unspecified atom stereocenters. The number of rotatable bonds is 2. The van der Waals surface area contributed by atoms with E-state index in [1.54, 1.807) is 25.4 Å². The van der Waals surface area contributed by atoms with Gasteiger partial charge in [0.05, 0.1) is 0 Å². The molecule has 2 bridgehead atoms. The van der Waals surface area contributed by atoms with E-state index >= 15 is 0 Å². The Kier molecular flexibility index (Phi) is 5.33. The van der Waals surface area contributed by atoms with Gasteiger partial charge >= 0.3 is 0 Å². The molecule has 178 valence electrons. The molecule has 3 heterocycles.